The van der Waals surface area contributed by atoms with Crippen molar-refractivity contribution in [2.24, 2.45) is 5.73 Å². The summed E-state index contributed by atoms with van der Waals surface area (Å²) in [6.45, 7) is 4.09. The highest BCUT2D eigenvalue weighted by molar-refractivity contribution is 6.00. The smallest absolute Gasteiger partial charge is 0.237 e. The van der Waals surface area contributed by atoms with E-state index >= 15 is 0 Å². The maximum Gasteiger partial charge on any atom is 0.237 e. The standard InChI is InChI=1S/C22H29N5O2.C9H9N/c1-16(23)22(28)26-14-21(25)27(15-18-8-11-19(29-2)12-9-18)20(24)13-10-17-6-4-3-5-7-17;1-7-6-10-9-5-3-2-4-8(7)9/h3-9,11-12,16,24-25H,10,13-15,23H2,1-2H3,(H,26,28);2-6,10H,1H3. The topological polar surface area (TPSA) is 131 Å². The molecule has 1 unspecified atom stereocenters. The minimum Gasteiger partial charge on any atom is -0.497 e. The average Bonchev–Trinajstić information content (AvgIpc) is 3.35. The van der Waals surface area contributed by atoms with Gasteiger partial charge in [0.25, 0.3) is 0 Å². The van der Waals surface area contributed by atoms with Crippen molar-refractivity contribution in [2.75, 3.05) is 13.7 Å². The van der Waals surface area contributed by atoms with Crippen molar-refractivity contribution < 1.29 is 9.53 Å². The molecule has 204 valence electrons. The summed E-state index contributed by atoms with van der Waals surface area (Å²) in [6.07, 6.45) is 3.23. The van der Waals surface area contributed by atoms with Crippen LogP contribution in [0.3, 0.4) is 0 Å². The zero-order valence-electron chi connectivity index (χ0n) is 22.8. The lowest BCUT2D eigenvalue weighted by Gasteiger charge is -2.26. The van der Waals surface area contributed by atoms with E-state index < -0.39 is 6.04 Å². The molecule has 0 aliphatic rings. The summed E-state index contributed by atoms with van der Waals surface area (Å²) in [6, 6.07) is 25.1. The van der Waals surface area contributed by atoms with Crippen LogP contribution in [0.15, 0.2) is 85.1 Å². The van der Waals surface area contributed by atoms with Crippen LogP contribution in [-0.2, 0) is 17.8 Å². The fraction of sp³-hybridized carbons (Fsp3) is 0.258. The molecule has 8 nitrogen and oxygen atoms in total. The second kappa shape index (κ2) is 14.5. The van der Waals surface area contributed by atoms with Gasteiger partial charge in [0.15, 0.2) is 0 Å². The second-order valence-corrected chi connectivity index (χ2v) is 9.34. The number of benzene rings is 3. The minimum atomic E-state index is -0.643. The Hall–Kier alpha value is -4.43. The normalized spacial score (nSPS) is 11.2. The number of aromatic nitrogens is 1. The fourth-order valence-electron chi connectivity index (χ4n) is 3.95. The highest BCUT2D eigenvalue weighted by Gasteiger charge is 2.17. The summed E-state index contributed by atoms with van der Waals surface area (Å²) < 4.78 is 5.19. The Morgan fingerprint density at radius 2 is 1.64 bits per heavy atom. The lowest BCUT2D eigenvalue weighted by Crippen LogP contribution is -2.46. The van der Waals surface area contributed by atoms with Gasteiger partial charge in [-0.1, -0.05) is 60.7 Å². The van der Waals surface area contributed by atoms with E-state index in [1.807, 2.05) is 66.9 Å². The molecule has 8 heteroatoms. The van der Waals surface area contributed by atoms with Gasteiger partial charge in [-0.15, -0.1) is 0 Å². The number of aryl methyl sites for hydroxylation is 2. The molecule has 0 saturated heterocycles. The number of rotatable bonds is 9. The molecule has 4 rings (SSSR count). The molecule has 0 spiro atoms. The molecule has 1 atom stereocenters. The number of amides is 1. The molecule has 0 aliphatic carbocycles. The van der Waals surface area contributed by atoms with Crippen molar-refractivity contribution in [2.45, 2.75) is 39.3 Å². The third-order valence-electron chi connectivity index (χ3n) is 6.28. The van der Waals surface area contributed by atoms with Gasteiger partial charge in [-0.25, -0.2) is 0 Å². The number of H-pyrrole nitrogens is 1. The maximum absolute atomic E-state index is 11.8. The number of nitrogens with one attached hydrogen (secondary N) is 4. The SMILES string of the molecule is COc1ccc(CN(C(=N)CCc2ccccc2)C(=N)CNC(=O)C(C)N)cc1.Cc1c[nH]c2ccccc12. The largest absolute Gasteiger partial charge is 0.497 e. The van der Waals surface area contributed by atoms with Crippen LogP contribution in [0.5, 0.6) is 5.75 Å². The highest BCUT2D eigenvalue weighted by Crippen LogP contribution is 2.16. The van der Waals surface area contributed by atoms with E-state index in [4.69, 9.17) is 21.3 Å². The Kier molecular flexibility index (Phi) is 10.8. The molecule has 39 heavy (non-hydrogen) atoms. The zero-order chi connectivity index (χ0) is 28.2. The van der Waals surface area contributed by atoms with Crippen LogP contribution in [0.2, 0.25) is 0 Å². The van der Waals surface area contributed by atoms with Crippen molar-refractivity contribution in [1.29, 1.82) is 10.8 Å². The molecule has 3 aromatic carbocycles. The second-order valence-electron chi connectivity index (χ2n) is 9.34. The van der Waals surface area contributed by atoms with Gasteiger partial charge in [-0.3, -0.25) is 15.6 Å². The van der Waals surface area contributed by atoms with Crippen LogP contribution in [0.1, 0.15) is 30.0 Å². The van der Waals surface area contributed by atoms with Gasteiger partial charge < -0.3 is 25.7 Å². The number of ether oxygens (including phenoxy) is 1. The third-order valence-corrected chi connectivity index (χ3v) is 6.28. The predicted molar refractivity (Wildman–Crippen MR) is 158 cm³/mol. The number of amidine groups is 2. The first-order chi connectivity index (χ1) is 18.8. The van der Waals surface area contributed by atoms with Crippen LogP contribution in [0, 0.1) is 17.7 Å². The van der Waals surface area contributed by atoms with E-state index in [1.54, 1.807) is 18.9 Å². The fourth-order valence-corrected chi connectivity index (χ4v) is 3.95. The Labute approximate surface area is 230 Å². The van der Waals surface area contributed by atoms with Gasteiger partial charge >= 0.3 is 0 Å². The van der Waals surface area contributed by atoms with Gasteiger partial charge in [0, 0.05) is 23.5 Å². The summed E-state index contributed by atoms with van der Waals surface area (Å²) in [4.78, 5) is 16.6. The molecule has 1 heterocycles. The molecule has 0 radical (unpaired) electrons. The highest BCUT2D eigenvalue weighted by atomic mass is 16.5. The van der Waals surface area contributed by atoms with Crippen LogP contribution >= 0.6 is 0 Å². The summed E-state index contributed by atoms with van der Waals surface area (Å²) in [7, 11) is 1.61. The van der Waals surface area contributed by atoms with Gasteiger partial charge in [-0.05, 0) is 55.2 Å². The predicted octanol–water partition coefficient (Wildman–Crippen LogP) is 5.02. The zero-order valence-corrected chi connectivity index (χ0v) is 22.8. The number of hydrogen-bond donors (Lipinski definition) is 5. The van der Waals surface area contributed by atoms with Crippen LogP contribution < -0.4 is 15.8 Å². The molecule has 4 aromatic rings. The molecular weight excluding hydrogens is 488 g/mol. The number of fused-ring (bicyclic) bond motifs is 1. The van der Waals surface area contributed by atoms with E-state index in [2.05, 4.69) is 35.4 Å². The number of nitrogens with two attached hydrogens (primary N) is 1. The van der Waals surface area contributed by atoms with Crippen molar-refractivity contribution in [3.8, 4) is 5.75 Å². The van der Waals surface area contributed by atoms with Crippen molar-refractivity contribution in [3.63, 3.8) is 0 Å². The molecular formula is C31H38N6O2. The number of hydrogen-bond acceptors (Lipinski definition) is 5. The summed E-state index contributed by atoms with van der Waals surface area (Å²) in [5.41, 5.74) is 10.2. The summed E-state index contributed by atoms with van der Waals surface area (Å²) >= 11 is 0. The summed E-state index contributed by atoms with van der Waals surface area (Å²) in [5, 5.41) is 20.9. The molecule has 1 aromatic heterocycles. The number of nitrogens with zero attached hydrogens (tertiary/aromatic N) is 1. The lowest BCUT2D eigenvalue weighted by atomic mass is 10.1. The van der Waals surface area contributed by atoms with Crippen molar-refractivity contribution in [3.05, 3.63) is 102 Å². The molecule has 0 bridgehead atoms. The molecule has 6 N–H and O–H groups in total. The first-order valence-electron chi connectivity index (χ1n) is 12.9. The van der Waals surface area contributed by atoms with E-state index in [0.29, 0.717) is 25.2 Å². The van der Waals surface area contributed by atoms with E-state index in [9.17, 15) is 4.79 Å². The maximum atomic E-state index is 11.8. The lowest BCUT2D eigenvalue weighted by molar-refractivity contribution is -0.121. The molecule has 1 amide bonds. The Morgan fingerprint density at radius 1 is 0.974 bits per heavy atom. The monoisotopic (exact) mass is 526 g/mol. The van der Waals surface area contributed by atoms with Gasteiger partial charge in [0.1, 0.15) is 17.4 Å². The number of carbonyl (C=O) groups is 1. The summed E-state index contributed by atoms with van der Waals surface area (Å²) in [5.74, 6) is 0.895. The minimum absolute atomic E-state index is 0.0181. The van der Waals surface area contributed by atoms with Crippen LogP contribution in [-0.4, -0.2) is 47.2 Å². The Bertz CT molecular complexity index is 1360. The van der Waals surface area contributed by atoms with Gasteiger partial charge in [0.05, 0.1) is 26.2 Å². The molecule has 0 fully saturated rings. The first kappa shape index (κ1) is 29.1. The van der Waals surface area contributed by atoms with Gasteiger partial charge in [-0.2, -0.15) is 0 Å². The van der Waals surface area contributed by atoms with Gasteiger partial charge in [0.2, 0.25) is 5.91 Å². The average molecular weight is 527 g/mol. The quantitative estimate of drug-likeness (QED) is 0.155. The number of methoxy groups -OCH3 is 1. The molecule has 0 saturated carbocycles. The Balaban J connectivity index is 0.000000346. The van der Waals surface area contributed by atoms with E-state index in [0.717, 1.165) is 16.9 Å². The molecule has 0 aliphatic heterocycles. The van der Waals surface area contributed by atoms with E-state index in [1.165, 1.54) is 16.5 Å². The van der Waals surface area contributed by atoms with Crippen molar-refractivity contribution >= 4 is 28.5 Å². The number of aromatic amines is 1. The Morgan fingerprint density at radius 3 is 2.28 bits per heavy atom. The first-order valence-corrected chi connectivity index (χ1v) is 12.9. The van der Waals surface area contributed by atoms with E-state index in [-0.39, 0.29) is 18.3 Å². The van der Waals surface area contributed by atoms with Crippen molar-refractivity contribution in [1.82, 2.24) is 15.2 Å². The number of para-hydroxylation sites is 1. The third kappa shape index (κ3) is 8.83. The number of carbonyl (C=O) groups excluding carboxylic acids is 1. The van der Waals surface area contributed by atoms with Crippen LogP contribution in [0.25, 0.3) is 10.9 Å². The van der Waals surface area contributed by atoms with Crippen LogP contribution in [0.4, 0.5) is 0 Å².